The van der Waals surface area contributed by atoms with E-state index in [0.717, 1.165) is 25.9 Å². The molecule has 16 heavy (non-hydrogen) atoms. The van der Waals surface area contributed by atoms with Crippen LogP contribution in [0.5, 0.6) is 0 Å². The monoisotopic (exact) mass is 228 g/mol. The Morgan fingerprint density at radius 1 is 1.56 bits per heavy atom. The van der Waals surface area contributed by atoms with E-state index in [9.17, 15) is 9.59 Å². The first-order chi connectivity index (χ1) is 7.54. The lowest BCUT2D eigenvalue weighted by molar-refractivity contribution is -0.142. The SMILES string of the molecule is CCCC(NC(=O)C1CCN(C)C1)C(=O)O. The second-order valence-corrected chi connectivity index (χ2v) is 4.44. The highest BCUT2D eigenvalue weighted by Gasteiger charge is 2.29. The van der Waals surface area contributed by atoms with Crippen molar-refractivity contribution < 1.29 is 14.7 Å². The number of rotatable bonds is 5. The Morgan fingerprint density at radius 2 is 2.25 bits per heavy atom. The van der Waals surface area contributed by atoms with Gasteiger partial charge in [-0.15, -0.1) is 0 Å². The van der Waals surface area contributed by atoms with Gasteiger partial charge in [-0.05, 0) is 26.4 Å². The van der Waals surface area contributed by atoms with E-state index < -0.39 is 12.0 Å². The Balaban J connectivity index is 2.45. The first-order valence-electron chi connectivity index (χ1n) is 5.76. The number of aliphatic carboxylic acids is 1. The molecule has 0 aliphatic carbocycles. The van der Waals surface area contributed by atoms with E-state index in [1.54, 1.807) is 0 Å². The van der Waals surface area contributed by atoms with Gasteiger partial charge in [0.2, 0.25) is 5.91 Å². The zero-order valence-electron chi connectivity index (χ0n) is 9.90. The molecule has 0 saturated carbocycles. The Bertz CT molecular complexity index is 268. The number of amides is 1. The van der Waals surface area contributed by atoms with Gasteiger partial charge in [0.05, 0.1) is 5.92 Å². The van der Waals surface area contributed by atoms with Gasteiger partial charge in [0.15, 0.2) is 0 Å². The van der Waals surface area contributed by atoms with Crippen LogP contribution in [-0.4, -0.2) is 48.1 Å². The summed E-state index contributed by atoms with van der Waals surface area (Å²) in [5, 5.41) is 11.5. The molecule has 0 spiro atoms. The second kappa shape index (κ2) is 5.84. The topological polar surface area (TPSA) is 69.6 Å². The van der Waals surface area contributed by atoms with Crippen LogP contribution in [0.3, 0.4) is 0 Å². The Kier molecular flexibility index (Phi) is 4.73. The molecular formula is C11H20N2O3. The standard InChI is InChI=1S/C11H20N2O3/c1-3-4-9(11(15)16)12-10(14)8-5-6-13(2)7-8/h8-9H,3-7H2,1-2H3,(H,12,14)(H,15,16). The molecule has 92 valence electrons. The zero-order valence-corrected chi connectivity index (χ0v) is 9.90. The van der Waals surface area contributed by atoms with Crippen LogP contribution in [-0.2, 0) is 9.59 Å². The van der Waals surface area contributed by atoms with Crippen LogP contribution in [0.15, 0.2) is 0 Å². The molecule has 2 atom stereocenters. The van der Waals surface area contributed by atoms with Crippen LogP contribution in [0.4, 0.5) is 0 Å². The molecule has 2 N–H and O–H groups in total. The predicted octanol–water partition coefficient (Wildman–Crippen LogP) is 0.308. The maximum Gasteiger partial charge on any atom is 0.326 e. The first kappa shape index (κ1) is 13.0. The molecule has 1 amide bonds. The molecule has 0 bridgehead atoms. The van der Waals surface area contributed by atoms with Crippen molar-refractivity contribution in [2.75, 3.05) is 20.1 Å². The number of carbonyl (C=O) groups excluding carboxylic acids is 1. The van der Waals surface area contributed by atoms with Crippen LogP contribution in [0, 0.1) is 5.92 Å². The molecule has 0 aromatic carbocycles. The maximum absolute atomic E-state index is 11.8. The van der Waals surface area contributed by atoms with Crippen molar-refractivity contribution in [1.29, 1.82) is 0 Å². The summed E-state index contributed by atoms with van der Waals surface area (Å²) >= 11 is 0. The minimum atomic E-state index is -0.943. The summed E-state index contributed by atoms with van der Waals surface area (Å²) in [6, 6.07) is -0.733. The number of hydrogen-bond donors (Lipinski definition) is 2. The van der Waals surface area contributed by atoms with Crippen molar-refractivity contribution in [1.82, 2.24) is 10.2 Å². The minimum absolute atomic E-state index is 0.0521. The van der Waals surface area contributed by atoms with E-state index >= 15 is 0 Å². The molecule has 5 heteroatoms. The predicted molar refractivity (Wildman–Crippen MR) is 60.1 cm³/mol. The maximum atomic E-state index is 11.8. The summed E-state index contributed by atoms with van der Waals surface area (Å²) in [7, 11) is 1.97. The van der Waals surface area contributed by atoms with Gasteiger partial charge in [-0.2, -0.15) is 0 Å². The van der Waals surface area contributed by atoms with Crippen molar-refractivity contribution in [3.8, 4) is 0 Å². The van der Waals surface area contributed by atoms with E-state index in [1.807, 2.05) is 14.0 Å². The molecule has 1 rings (SSSR count). The minimum Gasteiger partial charge on any atom is -0.480 e. The molecule has 1 fully saturated rings. The number of likely N-dealkylation sites (tertiary alicyclic amines) is 1. The number of nitrogens with zero attached hydrogens (tertiary/aromatic N) is 1. The van der Waals surface area contributed by atoms with E-state index in [4.69, 9.17) is 5.11 Å². The van der Waals surface area contributed by atoms with Gasteiger partial charge < -0.3 is 15.3 Å². The fourth-order valence-electron chi connectivity index (χ4n) is 1.98. The van der Waals surface area contributed by atoms with Crippen molar-refractivity contribution >= 4 is 11.9 Å². The van der Waals surface area contributed by atoms with Gasteiger partial charge in [-0.3, -0.25) is 4.79 Å². The van der Waals surface area contributed by atoms with E-state index in [1.165, 1.54) is 0 Å². The van der Waals surface area contributed by atoms with Crippen LogP contribution < -0.4 is 5.32 Å². The van der Waals surface area contributed by atoms with Gasteiger partial charge in [0, 0.05) is 6.54 Å². The lowest BCUT2D eigenvalue weighted by atomic mass is 10.1. The van der Waals surface area contributed by atoms with Gasteiger partial charge in [-0.1, -0.05) is 13.3 Å². The Morgan fingerprint density at radius 3 is 2.69 bits per heavy atom. The van der Waals surface area contributed by atoms with Crippen molar-refractivity contribution in [3.05, 3.63) is 0 Å². The van der Waals surface area contributed by atoms with Gasteiger partial charge >= 0.3 is 5.97 Å². The number of carboxylic acids is 1. The Hall–Kier alpha value is -1.10. The molecule has 0 radical (unpaired) electrons. The smallest absolute Gasteiger partial charge is 0.326 e. The van der Waals surface area contributed by atoms with Crippen molar-refractivity contribution in [3.63, 3.8) is 0 Å². The molecule has 0 aromatic rings. The zero-order chi connectivity index (χ0) is 12.1. The van der Waals surface area contributed by atoms with Crippen LogP contribution in [0.2, 0.25) is 0 Å². The molecule has 5 nitrogen and oxygen atoms in total. The van der Waals surface area contributed by atoms with Crippen molar-refractivity contribution in [2.45, 2.75) is 32.2 Å². The fraction of sp³-hybridized carbons (Fsp3) is 0.818. The third kappa shape index (κ3) is 3.48. The number of nitrogens with one attached hydrogen (secondary N) is 1. The molecule has 1 aliphatic rings. The van der Waals surface area contributed by atoms with Gasteiger partial charge in [0.1, 0.15) is 6.04 Å². The summed E-state index contributed by atoms with van der Waals surface area (Å²) < 4.78 is 0. The summed E-state index contributed by atoms with van der Waals surface area (Å²) in [6.45, 7) is 3.54. The second-order valence-electron chi connectivity index (χ2n) is 4.44. The highest BCUT2D eigenvalue weighted by atomic mass is 16.4. The summed E-state index contributed by atoms with van der Waals surface area (Å²) in [5.41, 5.74) is 0. The Labute approximate surface area is 95.8 Å². The summed E-state index contributed by atoms with van der Waals surface area (Å²) in [5.74, 6) is -1.12. The number of hydrogen-bond acceptors (Lipinski definition) is 3. The van der Waals surface area contributed by atoms with Gasteiger partial charge in [-0.25, -0.2) is 4.79 Å². The highest BCUT2D eigenvalue weighted by molar-refractivity contribution is 5.85. The molecule has 1 aliphatic heterocycles. The summed E-state index contributed by atoms with van der Waals surface area (Å²) in [4.78, 5) is 24.7. The van der Waals surface area contributed by atoms with E-state index in [0.29, 0.717) is 6.42 Å². The molecule has 1 saturated heterocycles. The lowest BCUT2D eigenvalue weighted by Gasteiger charge is -2.16. The van der Waals surface area contributed by atoms with Crippen LogP contribution in [0.1, 0.15) is 26.2 Å². The van der Waals surface area contributed by atoms with Crippen molar-refractivity contribution in [2.24, 2.45) is 5.92 Å². The largest absolute Gasteiger partial charge is 0.480 e. The van der Waals surface area contributed by atoms with E-state index in [2.05, 4.69) is 10.2 Å². The third-order valence-corrected chi connectivity index (χ3v) is 2.95. The van der Waals surface area contributed by atoms with Gasteiger partial charge in [0.25, 0.3) is 0 Å². The molecule has 1 heterocycles. The summed E-state index contributed by atoms with van der Waals surface area (Å²) in [6.07, 6.45) is 2.06. The number of carbonyl (C=O) groups is 2. The normalized spacial score (nSPS) is 23.0. The molecule has 0 aromatic heterocycles. The van der Waals surface area contributed by atoms with Crippen LogP contribution in [0.25, 0.3) is 0 Å². The average Bonchev–Trinajstić information content (AvgIpc) is 2.64. The molecular weight excluding hydrogens is 208 g/mol. The average molecular weight is 228 g/mol. The third-order valence-electron chi connectivity index (χ3n) is 2.95. The first-order valence-corrected chi connectivity index (χ1v) is 5.76. The van der Waals surface area contributed by atoms with E-state index in [-0.39, 0.29) is 11.8 Å². The highest BCUT2D eigenvalue weighted by Crippen LogP contribution is 2.14. The lowest BCUT2D eigenvalue weighted by Crippen LogP contribution is -2.44. The quantitative estimate of drug-likeness (QED) is 0.710. The number of carboxylic acid groups (broad SMARTS) is 1. The molecule has 2 unspecified atom stereocenters. The van der Waals surface area contributed by atoms with Crippen LogP contribution >= 0.6 is 0 Å². The fourth-order valence-corrected chi connectivity index (χ4v) is 1.98.